The van der Waals surface area contributed by atoms with Crippen molar-refractivity contribution in [2.24, 2.45) is 11.7 Å². The van der Waals surface area contributed by atoms with Crippen molar-refractivity contribution in [3.05, 3.63) is 35.5 Å². The first kappa shape index (κ1) is 9.30. The summed E-state index contributed by atoms with van der Waals surface area (Å²) in [6.07, 6.45) is 7.57. The Morgan fingerprint density at radius 3 is 3.12 bits per heavy atom. The van der Waals surface area contributed by atoms with Crippen molar-refractivity contribution >= 4 is 0 Å². The summed E-state index contributed by atoms with van der Waals surface area (Å²) in [6.45, 7) is 0.509. The number of nitrogens with two attached hydrogens (primary N) is 1. The van der Waals surface area contributed by atoms with Gasteiger partial charge in [-0.05, 0) is 24.3 Å². The van der Waals surface area contributed by atoms with Gasteiger partial charge in [-0.25, -0.2) is 9.67 Å². The Morgan fingerprint density at radius 1 is 1.41 bits per heavy atom. The van der Waals surface area contributed by atoms with E-state index in [2.05, 4.69) is 15.1 Å². The second kappa shape index (κ2) is 3.13. The maximum absolute atomic E-state index is 5.76. The molecule has 2 aliphatic carbocycles. The van der Waals surface area contributed by atoms with Gasteiger partial charge in [0.1, 0.15) is 0 Å². The van der Waals surface area contributed by atoms with Crippen molar-refractivity contribution in [1.82, 2.24) is 19.7 Å². The standard InChI is InChI=1S/C12H13N5/c13-5-10-9-4-7-3-8(7)12(9)17(16-10)11-6-14-1-2-15-11/h1-2,6-8H,3-5,13H2/t7-,8-/m0/s1. The van der Waals surface area contributed by atoms with Gasteiger partial charge in [-0.1, -0.05) is 0 Å². The van der Waals surface area contributed by atoms with Gasteiger partial charge in [-0.2, -0.15) is 5.10 Å². The summed E-state index contributed by atoms with van der Waals surface area (Å²) in [7, 11) is 0. The Balaban J connectivity index is 1.92. The highest BCUT2D eigenvalue weighted by Crippen LogP contribution is 2.57. The minimum absolute atomic E-state index is 0.509. The lowest BCUT2D eigenvalue weighted by Gasteiger charge is -2.03. The molecule has 2 aromatic rings. The molecule has 86 valence electrons. The van der Waals surface area contributed by atoms with Crippen molar-refractivity contribution in [2.75, 3.05) is 0 Å². The van der Waals surface area contributed by atoms with Crippen molar-refractivity contribution in [2.45, 2.75) is 25.3 Å². The SMILES string of the molecule is NCc1nn(-c2cnccn2)c2c1C[C@@H]1C[C@H]21. The molecule has 5 nitrogen and oxygen atoms in total. The number of hydrogen-bond acceptors (Lipinski definition) is 4. The molecule has 0 aliphatic heterocycles. The van der Waals surface area contributed by atoms with Crippen LogP contribution in [0.15, 0.2) is 18.6 Å². The van der Waals surface area contributed by atoms with E-state index in [0.29, 0.717) is 12.5 Å². The average Bonchev–Trinajstić information content (AvgIpc) is 2.89. The van der Waals surface area contributed by atoms with E-state index in [1.807, 2.05) is 4.68 Å². The molecule has 1 fully saturated rings. The number of fused-ring (bicyclic) bond motifs is 3. The Labute approximate surface area is 98.7 Å². The van der Waals surface area contributed by atoms with Gasteiger partial charge in [0.05, 0.1) is 17.6 Å². The normalized spacial score (nSPS) is 24.5. The van der Waals surface area contributed by atoms with Crippen LogP contribution in [-0.2, 0) is 13.0 Å². The molecule has 0 aromatic carbocycles. The van der Waals surface area contributed by atoms with Crippen LogP contribution in [0, 0.1) is 5.92 Å². The highest BCUT2D eigenvalue weighted by Gasteiger charge is 2.49. The van der Waals surface area contributed by atoms with Crippen LogP contribution in [0.2, 0.25) is 0 Å². The maximum atomic E-state index is 5.76. The monoisotopic (exact) mass is 227 g/mol. The fourth-order valence-electron chi connectivity index (χ4n) is 2.92. The third kappa shape index (κ3) is 1.20. The molecule has 0 spiro atoms. The molecule has 5 heteroatoms. The van der Waals surface area contributed by atoms with Crippen LogP contribution in [0.5, 0.6) is 0 Å². The molecule has 2 atom stereocenters. The van der Waals surface area contributed by atoms with Gasteiger partial charge in [-0.3, -0.25) is 4.98 Å². The quantitative estimate of drug-likeness (QED) is 0.823. The molecule has 4 rings (SSSR count). The highest BCUT2D eigenvalue weighted by molar-refractivity contribution is 5.43. The van der Waals surface area contributed by atoms with Gasteiger partial charge in [-0.15, -0.1) is 0 Å². The van der Waals surface area contributed by atoms with E-state index in [9.17, 15) is 0 Å². The van der Waals surface area contributed by atoms with E-state index in [-0.39, 0.29) is 0 Å². The predicted octanol–water partition coefficient (Wildman–Crippen LogP) is 0.781. The third-order valence-corrected chi connectivity index (χ3v) is 3.81. The lowest BCUT2D eigenvalue weighted by atomic mass is 10.1. The molecule has 1 saturated carbocycles. The second-order valence-corrected chi connectivity index (χ2v) is 4.80. The molecule has 0 radical (unpaired) electrons. The van der Waals surface area contributed by atoms with Crippen molar-refractivity contribution in [1.29, 1.82) is 0 Å². The zero-order valence-electron chi connectivity index (χ0n) is 9.37. The van der Waals surface area contributed by atoms with Crippen LogP contribution in [-0.4, -0.2) is 19.7 Å². The molecule has 2 aliphatic rings. The summed E-state index contributed by atoms with van der Waals surface area (Å²) >= 11 is 0. The number of aromatic nitrogens is 4. The first-order valence-electron chi connectivity index (χ1n) is 5.95. The molecule has 2 N–H and O–H groups in total. The van der Waals surface area contributed by atoms with Crippen molar-refractivity contribution in [3.63, 3.8) is 0 Å². The zero-order chi connectivity index (χ0) is 11.4. The zero-order valence-corrected chi connectivity index (χ0v) is 9.37. The lowest BCUT2D eigenvalue weighted by molar-refractivity contribution is 0.742. The van der Waals surface area contributed by atoms with E-state index in [1.165, 1.54) is 17.7 Å². The van der Waals surface area contributed by atoms with Crippen LogP contribution >= 0.6 is 0 Å². The Kier molecular flexibility index (Phi) is 1.71. The second-order valence-electron chi connectivity index (χ2n) is 4.80. The van der Waals surface area contributed by atoms with E-state index >= 15 is 0 Å². The van der Waals surface area contributed by atoms with E-state index in [0.717, 1.165) is 23.9 Å². The minimum Gasteiger partial charge on any atom is -0.325 e. The van der Waals surface area contributed by atoms with Crippen LogP contribution in [0.25, 0.3) is 5.82 Å². The predicted molar refractivity (Wildman–Crippen MR) is 61.6 cm³/mol. The van der Waals surface area contributed by atoms with Gasteiger partial charge in [0.25, 0.3) is 0 Å². The molecule has 0 bridgehead atoms. The summed E-state index contributed by atoms with van der Waals surface area (Å²) in [4.78, 5) is 8.43. The van der Waals surface area contributed by atoms with E-state index < -0.39 is 0 Å². The molecule has 0 saturated heterocycles. The average molecular weight is 227 g/mol. The fraction of sp³-hybridized carbons (Fsp3) is 0.417. The topological polar surface area (TPSA) is 69.6 Å². The van der Waals surface area contributed by atoms with Gasteiger partial charge in [0.15, 0.2) is 5.82 Å². The first-order chi connectivity index (χ1) is 8.38. The molecule has 0 unspecified atom stereocenters. The van der Waals surface area contributed by atoms with Crippen LogP contribution < -0.4 is 5.73 Å². The maximum Gasteiger partial charge on any atom is 0.172 e. The number of hydrogen-bond donors (Lipinski definition) is 1. The van der Waals surface area contributed by atoms with Gasteiger partial charge in [0, 0.05) is 24.9 Å². The summed E-state index contributed by atoms with van der Waals surface area (Å²) in [6, 6.07) is 0. The largest absolute Gasteiger partial charge is 0.325 e. The van der Waals surface area contributed by atoms with Crippen LogP contribution in [0.4, 0.5) is 0 Å². The molecule has 0 amide bonds. The van der Waals surface area contributed by atoms with Crippen LogP contribution in [0.3, 0.4) is 0 Å². The van der Waals surface area contributed by atoms with E-state index in [1.54, 1.807) is 18.6 Å². The Hall–Kier alpha value is -1.75. The van der Waals surface area contributed by atoms with Crippen molar-refractivity contribution in [3.8, 4) is 5.82 Å². The minimum atomic E-state index is 0.509. The molecular formula is C12H13N5. The Bertz CT molecular complexity index is 574. The van der Waals surface area contributed by atoms with Gasteiger partial charge >= 0.3 is 0 Å². The highest BCUT2D eigenvalue weighted by atomic mass is 15.3. The lowest BCUT2D eigenvalue weighted by Crippen LogP contribution is -2.05. The molecule has 17 heavy (non-hydrogen) atoms. The third-order valence-electron chi connectivity index (χ3n) is 3.81. The molecular weight excluding hydrogens is 214 g/mol. The van der Waals surface area contributed by atoms with Crippen molar-refractivity contribution < 1.29 is 0 Å². The first-order valence-corrected chi connectivity index (χ1v) is 5.95. The summed E-state index contributed by atoms with van der Waals surface area (Å²) in [5, 5.41) is 4.59. The Morgan fingerprint density at radius 2 is 2.35 bits per heavy atom. The number of nitrogens with zero attached hydrogens (tertiary/aromatic N) is 4. The number of rotatable bonds is 2. The van der Waals surface area contributed by atoms with Gasteiger partial charge < -0.3 is 5.73 Å². The molecule has 2 aromatic heterocycles. The summed E-state index contributed by atoms with van der Waals surface area (Å²) < 4.78 is 1.95. The summed E-state index contributed by atoms with van der Waals surface area (Å²) in [5.74, 6) is 2.31. The molecule has 2 heterocycles. The summed E-state index contributed by atoms with van der Waals surface area (Å²) in [5.41, 5.74) is 9.48. The van der Waals surface area contributed by atoms with E-state index in [4.69, 9.17) is 5.73 Å². The smallest absolute Gasteiger partial charge is 0.172 e. The fourth-order valence-corrected chi connectivity index (χ4v) is 2.92. The van der Waals surface area contributed by atoms with Gasteiger partial charge in [0.2, 0.25) is 0 Å². The van der Waals surface area contributed by atoms with Crippen LogP contribution in [0.1, 0.15) is 29.3 Å².